The third kappa shape index (κ3) is 1.16. The highest BCUT2D eigenvalue weighted by Gasteiger charge is 2.06. The molecule has 0 saturated heterocycles. The third-order valence-electron chi connectivity index (χ3n) is 2.03. The van der Waals surface area contributed by atoms with E-state index in [0.29, 0.717) is 16.7 Å². The number of aromatic amines is 1. The molecule has 0 unspecified atom stereocenters. The second kappa shape index (κ2) is 2.83. The smallest absolute Gasteiger partial charge is 0.305 e. The van der Waals surface area contributed by atoms with Crippen molar-refractivity contribution in [1.29, 1.82) is 0 Å². The first-order valence-corrected chi connectivity index (χ1v) is 4.16. The number of imidazole rings is 1. The SMILES string of the molecule is C=C(C)n1c(=O)[nH]c2cc(F)ccc21. The summed E-state index contributed by atoms with van der Waals surface area (Å²) in [6.45, 7) is 5.40. The van der Waals surface area contributed by atoms with Gasteiger partial charge >= 0.3 is 5.69 Å². The van der Waals surface area contributed by atoms with Gasteiger partial charge in [0.05, 0.1) is 11.0 Å². The van der Waals surface area contributed by atoms with Gasteiger partial charge in [-0.15, -0.1) is 0 Å². The summed E-state index contributed by atoms with van der Waals surface area (Å²) in [5.74, 6) is -0.368. The van der Waals surface area contributed by atoms with Gasteiger partial charge in [-0.25, -0.2) is 9.18 Å². The van der Waals surface area contributed by atoms with Gasteiger partial charge < -0.3 is 4.98 Å². The van der Waals surface area contributed by atoms with Gasteiger partial charge in [-0.3, -0.25) is 4.57 Å². The zero-order valence-electron chi connectivity index (χ0n) is 7.67. The lowest BCUT2D eigenvalue weighted by molar-refractivity contribution is 0.629. The lowest BCUT2D eigenvalue weighted by Gasteiger charge is -1.99. The Morgan fingerprint density at radius 2 is 2.29 bits per heavy atom. The van der Waals surface area contributed by atoms with E-state index in [4.69, 9.17) is 0 Å². The topological polar surface area (TPSA) is 37.8 Å². The lowest BCUT2D eigenvalue weighted by atomic mass is 10.3. The predicted octanol–water partition coefficient (Wildman–Crippen LogP) is 1.96. The number of H-pyrrole nitrogens is 1. The molecule has 1 heterocycles. The fourth-order valence-electron chi connectivity index (χ4n) is 1.46. The van der Waals surface area contributed by atoms with Crippen molar-refractivity contribution in [1.82, 2.24) is 9.55 Å². The molecule has 1 aromatic carbocycles. The normalized spacial score (nSPS) is 10.7. The number of rotatable bonds is 1. The third-order valence-corrected chi connectivity index (χ3v) is 2.03. The van der Waals surface area contributed by atoms with Crippen molar-refractivity contribution in [2.75, 3.05) is 0 Å². The molecule has 3 nitrogen and oxygen atoms in total. The van der Waals surface area contributed by atoms with Gasteiger partial charge in [0.1, 0.15) is 5.82 Å². The van der Waals surface area contributed by atoms with Crippen molar-refractivity contribution >= 4 is 16.7 Å². The molecule has 14 heavy (non-hydrogen) atoms. The van der Waals surface area contributed by atoms with Crippen molar-refractivity contribution in [3.05, 3.63) is 41.1 Å². The molecule has 0 fully saturated rings. The van der Waals surface area contributed by atoms with Crippen LogP contribution in [0.1, 0.15) is 6.92 Å². The van der Waals surface area contributed by atoms with Crippen LogP contribution in [0, 0.1) is 5.82 Å². The van der Waals surface area contributed by atoms with Crippen LogP contribution in [0.5, 0.6) is 0 Å². The molecule has 0 atom stereocenters. The average molecular weight is 192 g/mol. The van der Waals surface area contributed by atoms with Gasteiger partial charge in [0, 0.05) is 5.70 Å². The van der Waals surface area contributed by atoms with Crippen LogP contribution in [-0.4, -0.2) is 9.55 Å². The quantitative estimate of drug-likeness (QED) is 0.736. The van der Waals surface area contributed by atoms with Crippen LogP contribution in [-0.2, 0) is 0 Å². The molecule has 0 saturated carbocycles. The van der Waals surface area contributed by atoms with Gasteiger partial charge in [-0.1, -0.05) is 6.58 Å². The molecule has 72 valence electrons. The maximum absolute atomic E-state index is 12.8. The predicted molar refractivity (Wildman–Crippen MR) is 53.5 cm³/mol. The Morgan fingerprint density at radius 3 is 2.93 bits per heavy atom. The highest BCUT2D eigenvalue weighted by Crippen LogP contribution is 2.14. The summed E-state index contributed by atoms with van der Waals surface area (Å²) in [6, 6.07) is 4.16. The number of benzene rings is 1. The van der Waals surface area contributed by atoms with Gasteiger partial charge in [0.2, 0.25) is 0 Å². The monoisotopic (exact) mass is 192 g/mol. The standard InChI is InChI=1S/C10H9FN2O/c1-6(2)13-9-4-3-7(11)5-8(9)12-10(13)14/h3-5H,1H2,2H3,(H,12,14). The van der Waals surface area contributed by atoms with Crippen LogP contribution >= 0.6 is 0 Å². The van der Waals surface area contributed by atoms with Crippen LogP contribution in [0.4, 0.5) is 4.39 Å². The fourth-order valence-corrected chi connectivity index (χ4v) is 1.46. The molecule has 0 aliphatic heterocycles. The molecule has 0 aliphatic carbocycles. The van der Waals surface area contributed by atoms with Crippen molar-refractivity contribution in [2.24, 2.45) is 0 Å². The molecule has 1 N–H and O–H groups in total. The van der Waals surface area contributed by atoms with E-state index in [1.54, 1.807) is 13.0 Å². The number of fused-ring (bicyclic) bond motifs is 1. The van der Waals surface area contributed by atoms with Crippen LogP contribution < -0.4 is 5.69 Å². The maximum atomic E-state index is 12.8. The Bertz CT molecular complexity index is 565. The number of allylic oxidation sites excluding steroid dienone is 1. The van der Waals surface area contributed by atoms with E-state index in [2.05, 4.69) is 11.6 Å². The Balaban J connectivity index is 2.91. The summed E-state index contributed by atoms with van der Waals surface area (Å²) in [7, 11) is 0. The summed E-state index contributed by atoms with van der Waals surface area (Å²) >= 11 is 0. The second-order valence-electron chi connectivity index (χ2n) is 3.16. The molecule has 2 rings (SSSR count). The zero-order chi connectivity index (χ0) is 10.3. The molecule has 4 heteroatoms. The van der Waals surface area contributed by atoms with E-state index >= 15 is 0 Å². The first-order chi connectivity index (χ1) is 6.59. The number of nitrogens with one attached hydrogen (secondary N) is 1. The number of hydrogen-bond acceptors (Lipinski definition) is 1. The van der Waals surface area contributed by atoms with Gasteiger partial charge in [0.25, 0.3) is 0 Å². The van der Waals surface area contributed by atoms with E-state index in [-0.39, 0.29) is 11.5 Å². The van der Waals surface area contributed by atoms with E-state index in [9.17, 15) is 9.18 Å². The average Bonchev–Trinajstić information content (AvgIpc) is 2.39. The highest BCUT2D eigenvalue weighted by molar-refractivity contribution is 5.78. The van der Waals surface area contributed by atoms with Crippen LogP contribution in [0.15, 0.2) is 29.6 Å². The van der Waals surface area contributed by atoms with E-state index in [1.807, 2.05) is 0 Å². The maximum Gasteiger partial charge on any atom is 0.330 e. The van der Waals surface area contributed by atoms with Crippen molar-refractivity contribution in [3.63, 3.8) is 0 Å². The fraction of sp³-hybridized carbons (Fsp3) is 0.100. The summed E-state index contributed by atoms with van der Waals surface area (Å²) in [5, 5.41) is 0. The van der Waals surface area contributed by atoms with E-state index in [1.165, 1.54) is 16.7 Å². The first kappa shape index (κ1) is 8.74. The Morgan fingerprint density at radius 1 is 1.57 bits per heavy atom. The largest absolute Gasteiger partial charge is 0.330 e. The van der Waals surface area contributed by atoms with Crippen LogP contribution in [0.25, 0.3) is 16.7 Å². The summed E-state index contributed by atoms with van der Waals surface area (Å²) < 4.78 is 14.2. The molecular weight excluding hydrogens is 183 g/mol. The minimum Gasteiger partial charge on any atom is -0.305 e. The number of nitrogens with zero attached hydrogens (tertiary/aromatic N) is 1. The number of hydrogen-bond donors (Lipinski definition) is 1. The van der Waals surface area contributed by atoms with E-state index < -0.39 is 0 Å². The minimum atomic E-state index is -0.368. The molecular formula is C10H9FN2O. The van der Waals surface area contributed by atoms with Crippen LogP contribution in [0.3, 0.4) is 0 Å². The molecule has 0 spiro atoms. The second-order valence-corrected chi connectivity index (χ2v) is 3.16. The highest BCUT2D eigenvalue weighted by atomic mass is 19.1. The Labute approximate surface area is 79.5 Å². The zero-order valence-corrected chi connectivity index (χ0v) is 7.67. The molecule has 1 aromatic heterocycles. The molecule has 2 aromatic rings. The first-order valence-electron chi connectivity index (χ1n) is 4.16. The summed E-state index contributed by atoms with van der Waals surface area (Å²) in [4.78, 5) is 14.0. The minimum absolute atomic E-state index is 0.293. The molecule has 0 aliphatic rings. The Kier molecular flexibility index (Phi) is 1.77. The summed E-state index contributed by atoms with van der Waals surface area (Å²) in [6.07, 6.45) is 0. The van der Waals surface area contributed by atoms with Crippen molar-refractivity contribution < 1.29 is 4.39 Å². The Hall–Kier alpha value is -1.84. The molecule has 0 radical (unpaired) electrons. The van der Waals surface area contributed by atoms with E-state index in [0.717, 1.165) is 0 Å². The van der Waals surface area contributed by atoms with Gasteiger partial charge in [0.15, 0.2) is 0 Å². The van der Waals surface area contributed by atoms with Gasteiger partial charge in [-0.05, 0) is 25.1 Å². The lowest BCUT2D eigenvalue weighted by Crippen LogP contribution is -2.13. The molecule has 0 bridgehead atoms. The molecule has 0 amide bonds. The van der Waals surface area contributed by atoms with Crippen LogP contribution in [0.2, 0.25) is 0 Å². The van der Waals surface area contributed by atoms with Gasteiger partial charge in [-0.2, -0.15) is 0 Å². The van der Waals surface area contributed by atoms with Crippen molar-refractivity contribution in [3.8, 4) is 0 Å². The van der Waals surface area contributed by atoms with Crippen molar-refractivity contribution in [2.45, 2.75) is 6.92 Å². The number of halogens is 1. The summed E-state index contributed by atoms with van der Waals surface area (Å²) in [5.41, 5.74) is 1.44. The number of aromatic nitrogens is 2.